The summed E-state index contributed by atoms with van der Waals surface area (Å²) in [4.78, 5) is 0. The van der Waals surface area contributed by atoms with Crippen LogP contribution in [0.25, 0.3) is 0 Å². The predicted octanol–water partition coefficient (Wildman–Crippen LogP) is 3.11. The van der Waals surface area contributed by atoms with Crippen LogP contribution in [0.2, 0.25) is 0 Å². The molecule has 3 heteroatoms. The SMILES string of the molecule is CC1(C)Cc2cc(C3(N)CC3)cc(Br)c2O1. The average Bonchev–Trinajstić information content (AvgIpc) is 2.82. The first-order valence-electron chi connectivity index (χ1n) is 5.70. The van der Waals surface area contributed by atoms with Crippen molar-refractivity contribution in [2.75, 3.05) is 0 Å². The molecule has 2 nitrogen and oxygen atoms in total. The van der Waals surface area contributed by atoms with E-state index in [2.05, 4.69) is 41.9 Å². The highest BCUT2D eigenvalue weighted by atomic mass is 79.9. The lowest BCUT2D eigenvalue weighted by atomic mass is 9.97. The zero-order valence-electron chi connectivity index (χ0n) is 9.64. The van der Waals surface area contributed by atoms with Gasteiger partial charge in [0.1, 0.15) is 11.4 Å². The molecular formula is C13H16BrNO. The normalized spacial score (nSPS) is 23.8. The van der Waals surface area contributed by atoms with Gasteiger partial charge in [-0.2, -0.15) is 0 Å². The molecule has 0 atom stereocenters. The van der Waals surface area contributed by atoms with Gasteiger partial charge in [0.15, 0.2) is 0 Å². The Kier molecular flexibility index (Phi) is 2.00. The second-order valence-corrected chi connectivity index (χ2v) is 6.50. The topological polar surface area (TPSA) is 35.2 Å². The molecule has 3 rings (SSSR count). The lowest BCUT2D eigenvalue weighted by Crippen LogP contribution is -2.24. The molecule has 1 heterocycles. The van der Waals surface area contributed by atoms with Crippen LogP contribution >= 0.6 is 15.9 Å². The molecule has 0 amide bonds. The number of ether oxygens (including phenoxy) is 1. The van der Waals surface area contributed by atoms with Crippen molar-refractivity contribution in [3.05, 3.63) is 27.7 Å². The zero-order chi connectivity index (χ0) is 11.6. The summed E-state index contributed by atoms with van der Waals surface area (Å²) in [5, 5.41) is 0. The van der Waals surface area contributed by atoms with E-state index in [9.17, 15) is 0 Å². The second kappa shape index (κ2) is 3.02. The van der Waals surface area contributed by atoms with Crippen molar-refractivity contribution < 1.29 is 4.74 Å². The second-order valence-electron chi connectivity index (χ2n) is 5.64. The van der Waals surface area contributed by atoms with Gasteiger partial charge in [-0.05, 0) is 59.8 Å². The van der Waals surface area contributed by atoms with E-state index in [1.165, 1.54) is 11.1 Å². The number of benzene rings is 1. The lowest BCUT2D eigenvalue weighted by Gasteiger charge is -2.17. The smallest absolute Gasteiger partial charge is 0.137 e. The Morgan fingerprint density at radius 3 is 2.62 bits per heavy atom. The van der Waals surface area contributed by atoms with Gasteiger partial charge in [-0.1, -0.05) is 6.07 Å². The molecule has 2 N–H and O–H groups in total. The summed E-state index contributed by atoms with van der Waals surface area (Å²) < 4.78 is 6.97. The molecule has 0 aromatic heterocycles. The van der Waals surface area contributed by atoms with Crippen LogP contribution in [-0.4, -0.2) is 5.60 Å². The Balaban J connectivity index is 2.07. The van der Waals surface area contributed by atoms with Crippen molar-refractivity contribution in [3.63, 3.8) is 0 Å². The quantitative estimate of drug-likeness (QED) is 0.859. The minimum Gasteiger partial charge on any atom is -0.486 e. The molecule has 1 fully saturated rings. The van der Waals surface area contributed by atoms with E-state index in [0.29, 0.717) is 0 Å². The van der Waals surface area contributed by atoms with Crippen LogP contribution < -0.4 is 10.5 Å². The van der Waals surface area contributed by atoms with E-state index in [1.54, 1.807) is 0 Å². The Hall–Kier alpha value is -0.540. The number of halogens is 1. The molecule has 1 aliphatic carbocycles. The minimum atomic E-state index is -0.0885. The number of rotatable bonds is 1. The highest BCUT2D eigenvalue weighted by Crippen LogP contribution is 2.48. The van der Waals surface area contributed by atoms with E-state index < -0.39 is 0 Å². The number of hydrogen-bond donors (Lipinski definition) is 1. The zero-order valence-corrected chi connectivity index (χ0v) is 11.2. The Bertz CT molecular complexity index is 463. The third kappa shape index (κ3) is 1.57. The van der Waals surface area contributed by atoms with E-state index in [1.807, 2.05) is 0 Å². The maximum atomic E-state index is 6.24. The van der Waals surface area contributed by atoms with E-state index in [-0.39, 0.29) is 11.1 Å². The van der Waals surface area contributed by atoms with Crippen molar-refractivity contribution in [1.82, 2.24) is 0 Å². The van der Waals surface area contributed by atoms with Crippen molar-refractivity contribution in [1.29, 1.82) is 0 Å². The van der Waals surface area contributed by atoms with Crippen molar-refractivity contribution in [3.8, 4) is 5.75 Å². The van der Waals surface area contributed by atoms with Crippen LogP contribution in [0.5, 0.6) is 5.75 Å². The maximum Gasteiger partial charge on any atom is 0.137 e. The third-order valence-corrected chi connectivity index (χ3v) is 4.07. The van der Waals surface area contributed by atoms with Gasteiger partial charge in [-0.25, -0.2) is 0 Å². The van der Waals surface area contributed by atoms with Gasteiger partial charge in [0.05, 0.1) is 4.47 Å². The molecule has 0 spiro atoms. The maximum absolute atomic E-state index is 6.24. The minimum absolute atomic E-state index is 0.0652. The molecule has 1 aliphatic heterocycles. The average molecular weight is 282 g/mol. The summed E-state index contributed by atoms with van der Waals surface area (Å²) in [5.74, 6) is 0.998. The van der Waals surface area contributed by atoms with Crippen molar-refractivity contribution in [2.45, 2.75) is 44.2 Å². The molecule has 0 unspecified atom stereocenters. The van der Waals surface area contributed by atoms with Gasteiger partial charge in [-0.3, -0.25) is 0 Å². The van der Waals surface area contributed by atoms with Crippen molar-refractivity contribution in [2.24, 2.45) is 5.73 Å². The molecular weight excluding hydrogens is 266 g/mol. The van der Waals surface area contributed by atoms with Gasteiger partial charge in [0.25, 0.3) is 0 Å². The summed E-state index contributed by atoms with van der Waals surface area (Å²) in [6, 6.07) is 4.34. The first-order chi connectivity index (χ1) is 7.40. The first-order valence-corrected chi connectivity index (χ1v) is 6.50. The standard InChI is InChI=1S/C13H16BrNO/c1-12(2)7-8-5-9(13(15)3-4-13)6-10(14)11(8)16-12/h5-6H,3-4,7,15H2,1-2H3. The fourth-order valence-electron chi connectivity index (χ4n) is 2.38. The molecule has 0 radical (unpaired) electrons. The molecule has 1 aromatic carbocycles. The summed E-state index contributed by atoms with van der Waals surface area (Å²) in [6.45, 7) is 4.24. The van der Waals surface area contributed by atoms with Crippen molar-refractivity contribution >= 4 is 15.9 Å². The molecule has 1 saturated carbocycles. The van der Waals surface area contributed by atoms with Crippen LogP contribution in [0.4, 0.5) is 0 Å². The number of nitrogens with two attached hydrogens (primary N) is 1. The molecule has 0 saturated heterocycles. The number of fused-ring (bicyclic) bond motifs is 1. The van der Waals surface area contributed by atoms with Crippen LogP contribution in [0.1, 0.15) is 37.8 Å². The first kappa shape index (κ1) is 10.6. The van der Waals surface area contributed by atoms with E-state index in [0.717, 1.165) is 29.5 Å². The van der Waals surface area contributed by atoms with Crippen LogP contribution in [0.15, 0.2) is 16.6 Å². The fourth-order valence-corrected chi connectivity index (χ4v) is 2.96. The van der Waals surface area contributed by atoms with Crippen LogP contribution in [-0.2, 0) is 12.0 Å². The summed E-state index contributed by atoms with van der Waals surface area (Å²) >= 11 is 3.59. The third-order valence-electron chi connectivity index (χ3n) is 3.48. The molecule has 0 bridgehead atoms. The van der Waals surface area contributed by atoms with Gasteiger partial charge < -0.3 is 10.5 Å². The van der Waals surface area contributed by atoms with Gasteiger partial charge in [0, 0.05) is 12.0 Å². The Morgan fingerprint density at radius 1 is 1.31 bits per heavy atom. The lowest BCUT2D eigenvalue weighted by molar-refractivity contribution is 0.137. The monoisotopic (exact) mass is 281 g/mol. The fraction of sp³-hybridized carbons (Fsp3) is 0.538. The van der Waals surface area contributed by atoms with E-state index in [4.69, 9.17) is 10.5 Å². The molecule has 86 valence electrons. The van der Waals surface area contributed by atoms with Gasteiger partial charge in [0.2, 0.25) is 0 Å². The molecule has 1 aromatic rings. The number of hydrogen-bond acceptors (Lipinski definition) is 2. The summed E-state index contributed by atoms with van der Waals surface area (Å²) in [5.41, 5.74) is 8.62. The van der Waals surface area contributed by atoms with Crippen LogP contribution in [0, 0.1) is 0 Å². The summed E-state index contributed by atoms with van der Waals surface area (Å²) in [6.07, 6.45) is 3.16. The molecule has 16 heavy (non-hydrogen) atoms. The largest absolute Gasteiger partial charge is 0.486 e. The Morgan fingerprint density at radius 2 is 2.00 bits per heavy atom. The summed E-state index contributed by atoms with van der Waals surface area (Å²) in [7, 11) is 0. The van der Waals surface area contributed by atoms with Crippen LogP contribution in [0.3, 0.4) is 0 Å². The highest BCUT2D eigenvalue weighted by molar-refractivity contribution is 9.10. The van der Waals surface area contributed by atoms with Gasteiger partial charge >= 0.3 is 0 Å². The molecule has 2 aliphatic rings. The van der Waals surface area contributed by atoms with E-state index >= 15 is 0 Å². The highest BCUT2D eigenvalue weighted by Gasteiger charge is 2.42. The predicted molar refractivity (Wildman–Crippen MR) is 67.7 cm³/mol. The van der Waals surface area contributed by atoms with Gasteiger partial charge in [-0.15, -0.1) is 0 Å². The Labute approximate surface area is 104 Å².